The largest absolute Gasteiger partial charge is 0.481 e. The van der Waals surface area contributed by atoms with Gasteiger partial charge in [-0.1, -0.05) is 49.6 Å². The lowest BCUT2D eigenvalue weighted by Gasteiger charge is -2.29. The van der Waals surface area contributed by atoms with E-state index in [0.29, 0.717) is 12.3 Å². The highest BCUT2D eigenvalue weighted by atomic mass is 32.2. The van der Waals surface area contributed by atoms with E-state index in [9.17, 15) is 4.79 Å². The van der Waals surface area contributed by atoms with Gasteiger partial charge in [-0.05, 0) is 43.1 Å². The van der Waals surface area contributed by atoms with Crippen LogP contribution in [-0.2, 0) is 16.1 Å². The maximum absolute atomic E-state index is 10.6. The van der Waals surface area contributed by atoms with Gasteiger partial charge in [0.15, 0.2) is 0 Å². The molecule has 25 heavy (non-hydrogen) atoms. The number of hydrogen-bond donors (Lipinski definition) is 1. The number of carboxylic acid groups (broad SMARTS) is 1. The second-order valence-electron chi connectivity index (χ2n) is 7.47. The first-order valence-electron chi connectivity index (χ1n) is 9.73. The third-order valence-electron chi connectivity index (χ3n) is 5.69. The van der Waals surface area contributed by atoms with Crippen molar-refractivity contribution < 1.29 is 14.6 Å². The summed E-state index contributed by atoms with van der Waals surface area (Å²) in [5.74, 6) is 0.852. The molecule has 2 heterocycles. The summed E-state index contributed by atoms with van der Waals surface area (Å²) in [5.41, 5.74) is 1.26. The standard InChI is InChI=1S/C21H30O3S/c22-21(23)11-7-2-1-6-10-17-18(20-13-12-19(17)25-20)15-24-14-16-8-4-3-5-9-16/h3-5,8-9,17-20H,1-2,6-7,10-15H2,(H,22,23)/t17-,18+,19-,20+/m0/s1. The molecule has 0 aliphatic carbocycles. The molecule has 2 aliphatic heterocycles. The quantitative estimate of drug-likeness (QED) is 0.554. The van der Waals surface area contributed by atoms with E-state index in [1.807, 2.05) is 6.07 Å². The Balaban J connectivity index is 1.38. The van der Waals surface area contributed by atoms with Crippen LogP contribution in [0.5, 0.6) is 0 Å². The lowest BCUT2D eigenvalue weighted by atomic mass is 9.77. The second kappa shape index (κ2) is 9.63. The zero-order chi connectivity index (χ0) is 17.5. The molecule has 2 aliphatic rings. The molecule has 3 nitrogen and oxygen atoms in total. The summed E-state index contributed by atoms with van der Waals surface area (Å²) in [7, 11) is 0. The number of aliphatic carboxylic acids is 1. The van der Waals surface area contributed by atoms with Gasteiger partial charge in [-0.2, -0.15) is 11.8 Å². The minimum atomic E-state index is -0.667. The third kappa shape index (κ3) is 5.49. The van der Waals surface area contributed by atoms with Gasteiger partial charge in [-0.3, -0.25) is 4.79 Å². The van der Waals surface area contributed by atoms with Gasteiger partial charge < -0.3 is 9.84 Å². The molecular weight excluding hydrogens is 332 g/mol. The van der Waals surface area contributed by atoms with Crippen LogP contribution in [0.4, 0.5) is 0 Å². The lowest BCUT2D eigenvalue weighted by molar-refractivity contribution is -0.137. The first-order chi connectivity index (χ1) is 12.2. The van der Waals surface area contributed by atoms with E-state index in [1.54, 1.807) is 0 Å². The molecule has 138 valence electrons. The summed E-state index contributed by atoms with van der Waals surface area (Å²) < 4.78 is 6.08. The predicted octanol–water partition coefficient (Wildman–Crippen LogP) is 5.14. The van der Waals surface area contributed by atoms with Crippen molar-refractivity contribution in [3.8, 4) is 0 Å². The zero-order valence-corrected chi connectivity index (χ0v) is 15.8. The average molecular weight is 363 g/mol. The number of ether oxygens (including phenoxy) is 1. The van der Waals surface area contributed by atoms with Crippen molar-refractivity contribution in [1.82, 2.24) is 0 Å². The average Bonchev–Trinajstić information content (AvgIpc) is 3.21. The highest BCUT2D eigenvalue weighted by molar-refractivity contribution is 8.01. The molecule has 0 saturated carbocycles. The summed E-state index contributed by atoms with van der Waals surface area (Å²) in [5, 5.41) is 10.3. The van der Waals surface area contributed by atoms with E-state index < -0.39 is 5.97 Å². The van der Waals surface area contributed by atoms with Gasteiger partial charge in [0.2, 0.25) is 0 Å². The Labute approximate surface area is 155 Å². The van der Waals surface area contributed by atoms with Gasteiger partial charge in [0.1, 0.15) is 0 Å². The molecule has 2 bridgehead atoms. The monoisotopic (exact) mass is 362 g/mol. The topological polar surface area (TPSA) is 46.5 Å². The van der Waals surface area contributed by atoms with Crippen molar-refractivity contribution in [2.75, 3.05) is 6.61 Å². The molecule has 0 aromatic heterocycles. The second-order valence-corrected chi connectivity index (χ2v) is 8.95. The third-order valence-corrected chi connectivity index (χ3v) is 7.56. The molecule has 1 aromatic rings. The summed E-state index contributed by atoms with van der Waals surface area (Å²) in [6.07, 6.45) is 8.64. The van der Waals surface area contributed by atoms with Crippen LogP contribution in [0.25, 0.3) is 0 Å². The number of carboxylic acids is 1. The van der Waals surface area contributed by atoms with Crippen molar-refractivity contribution in [3.05, 3.63) is 35.9 Å². The van der Waals surface area contributed by atoms with Crippen molar-refractivity contribution in [1.29, 1.82) is 0 Å². The minimum Gasteiger partial charge on any atom is -0.481 e. The molecule has 0 radical (unpaired) electrons. The first-order valence-corrected chi connectivity index (χ1v) is 10.7. The summed E-state index contributed by atoms with van der Waals surface area (Å²) in [4.78, 5) is 10.6. The summed E-state index contributed by atoms with van der Waals surface area (Å²) in [6, 6.07) is 10.4. The van der Waals surface area contributed by atoms with Crippen molar-refractivity contribution in [3.63, 3.8) is 0 Å². The highest BCUT2D eigenvalue weighted by Gasteiger charge is 2.47. The van der Waals surface area contributed by atoms with Crippen LogP contribution >= 0.6 is 11.8 Å². The Morgan fingerprint density at radius 3 is 2.52 bits per heavy atom. The first kappa shape index (κ1) is 18.8. The van der Waals surface area contributed by atoms with Crippen molar-refractivity contribution in [2.24, 2.45) is 11.8 Å². The van der Waals surface area contributed by atoms with Crippen molar-refractivity contribution in [2.45, 2.75) is 68.5 Å². The zero-order valence-electron chi connectivity index (χ0n) is 14.9. The number of benzene rings is 1. The number of thioether (sulfide) groups is 1. The summed E-state index contributed by atoms with van der Waals surface area (Å²) >= 11 is 2.21. The maximum atomic E-state index is 10.6. The molecule has 2 saturated heterocycles. The van der Waals surface area contributed by atoms with Gasteiger partial charge in [-0.25, -0.2) is 0 Å². The van der Waals surface area contributed by atoms with Crippen LogP contribution in [0.2, 0.25) is 0 Å². The number of unbranched alkanes of at least 4 members (excludes halogenated alkanes) is 3. The van der Waals surface area contributed by atoms with Crippen LogP contribution in [-0.4, -0.2) is 28.2 Å². The molecule has 4 atom stereocenters. The van der Waals surface area contributed by atoms with E-state index in [1.165, 1.54) is 37.7 Å². The molecule has 0 unspecified atom stereocenters. The lowest BCUT2D eigenvalue weighted by Crippen LogP contribution is -2.30. The Bertz CT molecular complexity index is 533. The fourth-order valence-electron chi connectivity index (χ4n) is 4.40. The Morgan fingerprint density at radius 1 is 1.04 bits per heavy atom. The van der Waals surface area contributed by atoms with Crippen LogP contribution in [0.3, 0.4) is 0 Å². The minimum absolute atomic E-state index is 0.319. The van der Waals surface area contributed by atoms with E-state index in [-0.39, 0.29) is 0 Å². The molecule has 3 rings (SSSR count). The van der Waals surface area contributed by atoms with Crippen LogP contribution in [0.15, 0.2) is 30.3 Å². The number of hydrogen-bond acceptors (Lipinski definition) is 3. The van der Waals surface area contributed by atoms with E-state index in [4.69, 9.17) is 9.84 Å². The Kier molecular flexibility index (Phi) is 7.23. The number of carbonyl (C=O) groups is 1. The number of fused-ring (bicyclic) bond motifs is 2. The Hall–Kier alpha value is -1.00. The predicted molar refractivity (Wildman–Crippen MR) is 103 cm³/mol. The van der Waals surface area contributed by atoms with E-state index >= 15 is 0 Å². The molecule has 1 aromatic carbocycles. The van der Waals surface area contributed by atoms with E-state index in [2.05, 4.69) is 36.0 Å². The normalized spacial score (nSPS) is 27.7. The SMILES string of the molecule is O=C(O)CCCCCC[C@H]1[C@@H](COCc2ccccc2)[C@H]2CC[C@@H]1S2. The smallest absolute Gasteiger partial charge is 0.303 e. The maximum Gasteiger partial charge on any atom is 0.303 e. The van der Waals surface area contributed by atoms with Gasteiger partial charge >= 0.3 is 5.97 Å². The van der Waals surface area contributed by atoms with Crippen LogP contribution < -0.4 is 0 Å². The fourth-order valence-corrected chi connectivity index (χ4v) is 6.41. The van der Waals surface area contributed by atoms with Crippen LogP contribution in [0.1, 0.15) is 56.9 Å². The fraction of sp³-hybridized carbons (Fsp3) is 0.667. The molecule has 0 amide bonds. The van der Waals surface area contributed by atoms with Crippen molar-refractivity contribution >= 4 is 17.7 Å². The van der Waals surface area contributed by atoms with E-state index in [0.717, 1.165) is 42.5 Å². The van der Waals surface area contributed by atoms with Gasteiger partial charge in [-0.15, -0.1) is 0 Å². The van der Waals surface area contributed by atoms with Gasteiger partial charge in [0.25, 0.3) is 0 Å². The van der Waals surface area contributed by atoms with Gasteiger partial charge in [0, 0.05) is 16.9 Å². The molecule has 2 fully saturated rings. The van der Waals surface area contributed by atoms with Crippen LogP contribution in [0, 0.1) is 11.8 Å². The molecule has 1 N–H and O–H groups in total. The van der Waals surface area contributed by atoms with Gasteiger partial charge in [0.05, 0.1) is 13.2 Å². The Morgan fingerprint density at radius 2 is 1.76 bits per heavy atom. The molecule has 0 spiro atoms. The molecule has 4 heteroatoms. The molecular formula is C21H30O3S. The number of rotatable bonds is 11. The summed E-state index contributed by atoms with van der Waals surface area (Å²) in [6.45, 7) is 1.62. The highest BCUT2D eigenvalue weighted by Crippen LogP contribution is 2.54.